The van der Waals surface area contributed by atoms with Crippen molar-refractivity contribution in [2.45, 2.75) is 6.54 Å². The van der Waals surface area contributed by atoms with Gasteiger partial charge in [-0.3, -0.25) is 9.48 Å². The molecule has 0 atom stereocenters. The Morgan fingerprint density at radius 1 is 0.815 bits per heavy atom. The van der Waals surface area contributed by atoms with Crippen molar-refractivity contribution in [3.05, 3.63) is 108 Å². The molecule has 0 aliphatic rings. The van der Waals surface area contributed by atoms with E-state index in [9.17, 15) is 4.79 Å². The highest BCUT2D eigenvalue weighted by Gasteiger charge is 2.13. The molecule has 0 aliphatic carbocycles. The van der Waals surface area contributed by atoms with Gasteiger partial charge in [0.25, 0.3) is 5.91 Å². The zero-order valence-corrected chi connectivity index (χ0v) is 14.7. The summed E-state index contributed by atoms with van der Waals surface area (Å²) < 4.78 is 1.71. The quantitative estimate of drug-likeness (QED) is 0.557. The molecule has 0 unspecified atom stereocenters. The number of aromatic nitrogens is 2. The second-order valence-corrected chi connectivity index (χ2v) is 6.26. The monoisotopic (exact) mass is 353 g/mol. The fourth-order valence-electron chi connectivity index (χ4n) is 3.01. The van der Waals surface area contributed by atoms with E-state index in [-0.39, 0.29) is 5.91 Å². The van der Waals surface area contributed by atoms with Crippen LogP contribution in [0.3, 0.4) is 0 Å². The van der Waals surface area contributed by atoms with Crippen molar-refractivity contribution in [1.29, 1.82) is 0 Å². The predicted molar refractivity (Wildman–Crippen MR) is 108 cm³/mol. The summed E-state index contributed by atoms with van der Waals surface area (Å²) in [5, 5.41) is 7.28. The molecule has 0 spiro atoms. The molecule has 4 rings (SSSR count). The first-order valence-electron chi connectivity index (χ1n) is 8.82. The van der Waals surface area contributed by atoms with Crippen molar-refractivity contribution < 1.29 is 4.79 Å². The Bertz CT molecular complexity index is 1040. The number of amides is 1. The highest BCUT2D eigenvalue weighted by atomic mass is 16.2. The summed E-state index contributed by atoms with van der Waals surface area (Å²) in [5.74, 6) is -0.173. The number of nitrogens with zero attached hydrogens (tertiary/aromatic N) is 2. The maximum atomic E-state index is 12.8. The Kier molecular flexibility index (Phi) is 4.79. The number of carbonyl (C=O) groups excluding carboxylic acids is 1. The number of nitrogens with one attached hydrogen (secondary N) is 1. The lowest BCUT2D eigenvalue weighted by atomic mass is 10.1. The summed E-state index contributed by atoms with van der Waals surface area (Å²) in [4.78, 5) is 12.8. The minimum atomic E-state index is -0.173. The summed E-state index contributed by atoms with van der Waals surface area (Å²) >= 11 is 0. The van der Waals surface area contributed by atoms with E-state index in [0.29, 0.717) is 12.2 Å². The summed E-state index contributed by atoms with van der Waals surface area (Å²) in [6.45, 7) is 0.556. The number of carbonyl (C=O) groups is 1. The normalized spacial score (nSPS) is 10.5. The van der Waals surface area contributed by atoms with Crippen molar-refractivity contribution in [2.75, 3.05) is 5.32 Å². The Hall–Kier alpha value is -3.66. The first-order valence-corrected chi connectivity index (χ1v) is 8.82. The van der Waals surface area contributed by atoms with Gasteiger partial charge in [-0.1, -0.05) is 72.8 Å². The van der Waals surface area contributed by atoms with Gasteiger partial charge in [0.15, 0.2) is 0 Å². The van der Waals surface area contributed by atoms with Crippen molar-refractivity contribution in [3.63, 3.8) is 0 Å². The molecule has 4 nitrogen and oxygen atoms in total. The zero-order valence-electron chi connectivity index (χ0n) is 14.7. The topological polar surface area (TPSA) is 46.9 Å². The van der Waals surface area contributed by atoms with Gasteiger partial charge in [0.1, 0.15) is 5.69 Å². The molecule has 3 aromatic carbocycles. The van der Waals surface area contributed by atoms with Gasteiger partial charge in [-0.05, 0) is 34.9 Å². The van der Waals surface area contributed by atoms with Crippen molar-refractivity contribution in [3.8, 4) is 11.1 Å². The maximum absolute atomic E-state index is 12.8. The van der Waals surface area contributed by atoms with Crippen LogP contribution in [0.4, 0.5) is 5.69 Å². The Balaban J connectivity index is 1.53. The van der Waals surface area contributed by atoms with Gasteiger partial charge in [0.05, 0.1) is 6.54 Å². The lowest BCUT2D eigenvalue weighted by Crippen LogP contribution is -2.18. The molecule has 27 heavy (non-hydrogen) atoms. The Labute approximate surface area is 158 Å². The Morgan fingerprint density at radius 3 is 2.30 bits per heavy atom. The van der Waals surface area contributed by atoms with Crippen LogP contribution in [0.1, 0.15) is 16.1 Å². The molecule has 1 N–H and O–H groups in total. The van der Waals surface area contributed by atoms with Gasteiger partial charge in [0.2, 0.25) is 0 Å². The third kappa shape index (κ3) is 3.96. The van der Waals surface area contributed by atoms with Crippen LogP contribution in [-0.4, -0.2) is 15.7 Å². The minimum Gasteiger partial charge on any atom is -0.321 e. The molecule has 4 aromatic rings. The Morgan fingerprint density at radius 2 is 1.52 bits per heavy atom. The molecule has 0 fully saturated rings. The second kappa shape index (κ2) is 7.70. The molecule has 132 valence electrons. The predicted octanol–water partition coefficient (Wildman–Crippen LogP) is 4.85. The minimum absolute atomic E-state index is 0.173. The van der Waals surface area contributed by atoms with E-state index in [1.807, 2.05) is 72.8 Å². The van der Waals surface area contributed by atoms with Crippen molar-refractivity contribution in [2.24, 2.45) is 0 Å². The first-order chi connectivity index (χ1) is 13.3. The molecule has 0 saturated heterocycles. The van der Waals surface area contributed by atoms with Crippen LogP contribution in [0.25, 0.3) is 11.1 Å². The molecular formula is C23H19N3O. The average Bonchev–Trinajstić information content (AvgIpc) is 3.18. The lowest BCUT2D eigenvalue weighted by molar-refractivity contribution is 0.101. The van der Waals surface area contributed by atoms with Crippen LogP contribution in [0, 0.1) is 0 Å². The molecule has 0 radical (unpaired) electrons. The van der Waals surface area contributed by atoms with Crippen LogP contribution in [0.15, 0.2) is 97.2 Å². The molecule has 0 bridgehead atoms. The largest absolute Gasteiger partial charge is 0.321 e. The lowest BCUT2D eigenvalue weighted by Gasteiger charge is -2.10. The van der Waals surface area contributed by atoms with Gasteiger partial charge in [-0.25, -0.2) is 0 Å². The molecule has 4 heteroatoms. The molecule has 1 aromatic heterocycles. The SMILES string of the molecule is O=C(Nc1cccc(-c2ccccc2)c1)c1ccnn1Cc1ccccc1. The fourth-order valence-corrected chi connectivity index (χ4v) is 3.01. The van der Waals surface area contributed by atoms with Crippen LogP contribution < -0.4 is 5.32 Å². The van der Waals surface area contributed by atoms with E-state index >= 15 is 0 Å². The van der Waals surface area contributed by atoms with Gasteiger partial charge in [-0.2, -0.15) is 5.10 Å². The van der Waals surface area contributed by atoms with Crippen LogP contribution >= 0.6 is 0 Å². The third-order valence-corrected chi connectivity index (χ3v) is 4.35. The van der Waals surface area contributed by atoms with Crippen molar-refractivity contribution in [1.82, 2.24) is 9.78 Å². The molecule has 1 amide bonds. The van der Waals surface area contributed by atoms with Crippen molar-refractivity contribution >= 4 is 11.6 Å². The number of hydrogen-bond donors (Lipinski definition) is 1. The zero-order chi connectivity index (χ0) is 18.5. The number of rotatable bonds is 5. The summed E-state index contributed by atoms with van der Waals surface area (Å²) in [5.41, 5.74) is 4.56. The third-order valence-electron chi connectivity index (χ3n) is 4.35. The van der Waals surface area contributed by atoms with Gasteiger partial charge in [-0.15, -0.1) is 0 Å². The van der Waals surface area contributed by atoms with Gasteiger partial charge in [0, 0.05) is 11.9 Å². The van der Waals surface area contributed by atoms with E-state index in [0.717, 1.165) is 22.4 Å². The highest BCUT2D eigenvalue weighted by Crippen LogP contribution is 2.22. The van der Waals surface area contributed by atoms with E-state index < -0.39 is 0 Å². The number of hydrogen-bond acceptors (Lipinski definition) is 2. The maximum Gasteiger partial charge on any atom is 0.273 e. The molecule has 0 aliphatic heterocycles. The first kappa shape index (κ1) is 16.8. The molecule has 0 saturated carbocycles. The smallest absolute Gasteiger partial charge is 0.273 e. The summed E-state index contributed by atoms with van der Waals surface area (Å²) in [6.07, 6.45) is 1.65. The van der Waals surface area contributed by atoms with Gasteiger partial charge >= 0.3 is 0 Å². The number of benzene rings is 3. The fraction of sp³-hybridized carbons (Fsp3) is 0.0435. The van der Waals surface area contributed by atoms with E-state index in [1.54, 1.807) is 16.9 Å². The number of anilines is 1. The second-order valence-electron chi connectivity index (χ2n) is 6.26. The van der Waals surface area contributed by atoms with E-state index in [2.05, 4.69) is 22.5 Å². The van der Waals surface area contributed by atoms with Crippen LogP contribution in [0.5, 0.6) is 0 Å². The standard InChI is InChI=1S/C23H19N3O/c27-23(22-14-15-24-26(22)17-18-8-3-1-4-9-18)25-21-13-7-12-20(16-21)19-10-5-2-6-11-19/h1-16H,17H2,(H,25,27). The van der Waals surface area contributed by atoms with Crippen LogP contribution in [-0.2, 0) is 6.54 Å². The summed E-state index contributed by atoms with van der Waals surface area (Å²) in [7, 11) is 0. The average molecular weight is 353 g/mol. The van der Waals surface area contributed by atoms with E-state index in [4.69, 9.17) is 0 Å². The summed E-state index contributed by atoms with van der Waals surface area (Å²) in [6, 6.07) is 29.7. The molecule has 1 heterocycles. The van der Waals surface area contributed by atoms with E-state index in [1.165, 1.54) is 0 Å². The van der Waals surface area contributed by atoms with Gasteiger partial charge < -0.3 is 5.32 Å². The highest BCUT2D eigenvalue weighted by molar-refractivity contribution is 6.03. The van der Waals surface area contributed by atoms with Crippen LogP contribution in [0.2, 0.25) is 0 Å². The molecular weight excluding hydrogens is 334 g/mol.